The van der Waals surface area contributed by atoms with Gasteiger partial charge in [-0.1, -0.05) is 24.3 Å². The number of anilines is 1. The largest absolute Gasteiger partial charge is 0.495 e. The molecule has 9 heteroatoms. The molecular weight excluding hydrogens is 402 g/mol. The van der Waals surface area contributed by atoms with Crippen LogP contribution >= 0.6 is 11.3 Å². The lowest BCUT2D eigenvalue weighted by Gasteiger charge is -2.14. The van der Waals surface area contributed by atoms with Crippen molar-refractivity contribution in [3.63, 3.8) is 0 Å². The first-order valence-electron chi connectivity index (χ1n) is 9.50. The first-order chi connectivity index (χ1) is 14.6. The predicted molar refractivity (Wildman–Crippen MR) is 115 cm³/mol. The van der Waals surface area contributed by atoms with Crippen molar-refractivity contribution in [1.82, 2.24) is 19.8 Å². The molecule has 0 spiro atoms. The fraction of sp³-hybridized carbons (Fsp3) is 0.238. The monoisotopic (exact) mass is 423 g/mol. The maximum absolute atomic E-state index is 12.9. The third-order valence-electron chi connectivity index (χ3n) is 4.59. The van der Waals surface area contributed by atoms with E-state index >= 15 is 0 Å². The highest BCUT2D eigenvalue weighted by Gasteiger charge is 2.15. The summed E-state index contributed by atoms with van der Waals surface area (Å²) in [4.78, 5) is 13.6. The van der Waals surface area contributed by atoms with Crippen LogP contribution in [0.2, 0.25) is 0 Å². The summed E-state index contributed by atoms with van der Waals surface area (Å²) in [5.41, 5.74) is 1.90. The molecule has 0 unspecified atom stereocenters. The number of methoxy groups -OCH3 is 1. The fourth-order valence-corrected chi connectivity index (χ4v) is 3.65. The van der Waals surface area contributed by atoms with Gasteiger partial charge in [0.15, 0.2) is 0 Å². The van der Waals surface area contributed by atoms with E-state index in [1.807, 2.05) is 25.1 Å². The van der Waals surface area contributed by atoms with Crippen molar-refractivity contribution in [2.24, 2.45) is 0 Å². The number of nitrogens with zero attached hydrogens (tertiary/aromatic N) is 4. The van der Waals surface area contributed by atoms with E-state index in [4.69, 9.17) is 9.47 Å². The van der Waals surface area contributed by atoms with Gasteiger partial charge in [0.2, 0.25) is 4.96 Å². The molecule has 1 amide bonds. The molecule has 1 atom stereocenters. The standard InChI is InChI=1S/C21H21N5O3S/c1-4-13(2)29-16-7-5-6-14(10-16)19(27)23-17-11-15(8-9-18(17)28-3)20-25-26-12-22-24-21(26)30-20/h5-13H,4H2,1-3H3,(H,23,27)/t13-/m0/s1. The number of fused-ring (bicyclic) bond motifs is 1. The van der Waals surface area contributed by atoms with Gasteiger partial charge in [-0.25, -0.2) is 0 Å². The lowest BCUT2D eigenvalue weighted by molar-refractivity contribution is 0.102. The number of rotatable bonds is 7. The number of hydrogen-bond acceptors (Lipinski definition) is 7. The lowest BCUT2D eigenvalue weighted by Crippen LogP contribution is -2.14. The predicted octanol–water partition coefficient (Wildman–Crippen LogP) is 4.29. The Balaban J connectivity index is 1.59. The van der Waals surface area contributed by atoms with Crippen molar-refractivity contribution in [3.8, 4) is 22.1 Å². The minimum Gasteiger partial charge on any atom is -0.495 e. The Morgan fingerprint density at radius 2 is 2.13 bits per heavy atom. The quantitative estimate of drug-likeness (QED) is 0.477. The number of hydrogen-bond donors (Lipinski definition) is 1. The summed E-state index contributed by atoms with van der Waals surface area (Å²) in [6.07, 6.45) is 2.52. The van der Waals surface area contributed by atoms with Crippen molar-refractivity contribution in [2.45, 2.75) is 26.4 Å². The Morgan fingerprint density at radius 3 is 2.90 bits per heavy atom. The second kappa shape index (κ2) is 8.50. The summed E-state index contributed by atoms with van der Waals surface area (Å²) in [6, 6.07) is 12.7. The average molecular weight is 423 g/mol. The molecular formula is C21H21N5O3S. The number of amides is 1. The van der Waals surface area contributed by atoms with E-state index in [0.29, 0.717) is 27.7 Å². The molecule has 0 bridgehead atoms. The molecule has 0 fully saturated rings. The Morgan fingerprint density at radius 1 is 1.27 bits per heavy atom. The van der Waals surface area contributed by atoms with Crippen LogP contribution in [-0.2, 0) is 0 Å². The zero-order valence-electron chi connectivity index (χ0n) is 16.8. The molecule has 2 aromatic carbocycles. The molecule has 1 N–H and O–H groups in total. The number of carbonyl (C=O) groups excluding carboxylic acids is 1. The molecule has 4 aromatic rings. The van der Waals surface area contributed by atoms with Crippen LogP contribution in [0.4, 0.5) is 5.69 Å². The van der Waals surface area contributed by atoms with E-state index in [-0.39, 0.29) is 12.0 Å². The van der Waals surface area contributed by atoms with Gasteiger partial charge in [0.05, 0.1) is 18.9 Å². The summed E-state index contributed by atoms with van der Waals surface area (Å²) < 4.78 is 12.9. The van der Waals surface area contributed by atoms with Gasteiger partial charge in [-0.2, -0.15) is 9.61 Å². The fourth-order valence-electron chi connectivity index (χ4n) is 2.84. The van der Waals surface area contributed by atoms with Crippen molar-refractivity contribution < 1.29 is 14.3 Å². The molecule has 154 valence electrons. The van der Waals surface area contributed by atoms with Gasteiger partial charge in [0.1, 0.15) is 22.8 Å². The molecule has 0 radical (unpaired) electrons. The van der Waals surface area contributed by atoms with E-state index in [1.54, 1.807) is 42.2 Å². The number of benzene rings is 2. The van der Waals surface area contributed by atoms with Gasteiger partial charge in [0, 0.05) is 11.1 Å². The molecule has 0 aliphatic carbocycles. The SMILES string of the molecule is CC[C@H](C)Oc1cccc(C(=O)Nc2cc(-c3nn4cnnc4s3)ccc2OC)c1. The summed E-state index contributed by atoms with van der Waals surface area (Å²) in [5, 5.41) is 16.0. The molecule has 30 heavy (non-hydrogen) atoms. The first-order valence-corrected chi connectivity index (χ1v) is 10.3. The van der Waals surface area contributed by atoms with Gasteiger partial charge in [-0.15, -0.1) is 10.2 Å². The Hall–Kier alpha value is -3.46. The maximum Gasteiger partial charge on any atom is 0.255 e. The van der Waals surface area contributed by atoms with Crippen molar-refractivity contribution in [1.29, 1.82) is 0 Å². The number of ether oxygens (including phenoxy) is 2. The van der Waals surface area contributed by atoms with Crippen LogP contribution in [0.1, 0.15) is 30.6 Å². The highest BCUT2D eigenvalue weighted by atomic mass is 32.1. The molecule has 8 nitrogen and oxygen atoms in total. The molecule has 0 saturated heterocycles. The zero-order chi connectivity index (χ0) is 21.1. The second-order valence-electron chi connectivity index (χ2n) is 6.70. The third kappa shape index (κ3) is 4.11. The lowest BCUT2D eigenvalue weighted by atomic mass is 10.1. The first kappa shape index (κ1) is 19.8. The average Bonchev–Trinajstić information content (AvgIpc) is 3.36. The van der Waals surface area contributed by atoms with Crippen LogP contribution in [0.25, 0.3) is 15.5 Å². The van der Waals surface area contributed by atoms with Crippen LogP contribution in [0, 0.1) is 0 Å². The van der Waals surface area contributed by atoms with Crippen LogP contribution in [0.15, 0.2) is 48.8 Å². The Kier molecular flexibility index (Phi) is 5.62. The minimum atomic E-state index is -0.252. The van der Waals surface area contributed by atoms with Crippen molar-refractivity contribution in [3.05, 3.63) is 54.4 Å². The van der Waals surface area contributed by atoms with Crippen LogP contribution < -0.4 is 14.8 Å². The Bertz CT molecular complexity index is 1160. The topological polar surface area (TPSA) is 90.6 Å². The molecule has 4 rings (SSSR count). The summed E-state index contributed by atoms with van der Waals surface area (Å²) in [6.45, 7) is 4.05. The summed E-state index contributed by atoms with van der Waals surface area (Å²) in [5.74, 6) is 0.970. The summed E-state index contributed by atoms with van der Waals surface area (Å²) in [7, 11) is 1.56. The molecule has 2 aromatic heterocycles. The molecule has 0 saturated carbocycles. The molecule has 0 aliphatic heterocycles. The molecule has 0 aliphatic rings. The van der Waals surface area contributed by atoms with Crippen LogP contribution in [0.5, 0.6) is 11.5 Å². The highest BCUT2D eigenvalue weighted by molar-refractivity contribution is 7.19. The van der Waals surface area contributed by atoms with Crippen LogP contribution in [0.3, 0.4) is 0 Å². The van der Waals surface area contributed by atoms with E-state index in [0.717, 1.165) is 17.0 Å². The Labute approximate surface area is 177 Å². The van der Waals surface area contributed by atoms with Crippen molar-refractivity contribution >= 4 is 27.9 Å². The van der Waals surface area contributed by atoms with E-state index in [9.17, 15) is 4.79 Å². The minimum absolute atomic E-state index is 0.0784. The maximum atomic E-state index is 12.9. The van der Waals surface area contributed by atoms with E-state index in [2.05, 4.69) is 27.5 Å². The third-order valence-corrected chi connectivity index (χ3v) is 5.55. The van der Waals surface area contributed by atoms with Gasteiger partial charge >= 0.3 is 0 Å². The number of aromatic nitrogens is 4. The number of carbonyl (C=O) groups is 1. The molecule has 2 heterocycles. The van der Waals surface area contributed by atoms with Gasteiger partial charge in [-0.3, -0.25) is 4.79 Å². The van der Waals surface area contributed by atoms with Crippen LogP contribution in [-0.4, -0.2) is 38.9 Å². The van der Waals surface area contributed by atoms with E-state index < -0.39 is 0 Å². The van der Waals surface area contributed by atoms with Gasteiger partial charge in [0.25, 0.3) is 5.91 Å². The van der Waals surface area contributed by atoms with E-state index in [1.165, 1.54) is 11.3 Å². The second-order valence-corrected chi connectivity index (χ2v) is 7.66. The normalized spacial score (nSPS) is 12.0. The van der Waals surface area contributed by atoms with Gasteiger partial charge in [-0.05, 0) is 49.7 Å². The zero-order valence-corrected chi connectivity index (χ0v) is 17.6. The smallest absolute Gasteiger partial charge is 0.255 e. The number of nitrogens with one attached hydrogen (secondary N) is 1. The summed E-state index contributed by atoms with van der Waals surface area (Å²) >= 11 is 1.41. The van der Waals surface area contributed by atoms with Gasteiger partial charge < -0.3 is 14.8 Å². The van der Waals surface area contributed by atoms with Crippen molar-refractivity contribution in [2.75, 3.05) is 12.4 Å². The highest BCUT2D eigenvalue weighted by Crippen LogP contribution is 2.33.